The Bertz CT molecular complexity index is 1060. The number of nitrogens with one attached hydrogen (secondary N) is 4. The first-order valence-corrected chi connectivity index (χ1v) is 13.7. The largest absolute Gasteiger partial charge is 0.480 e. The van der Waals surface area contributed by atoms with E-state index < -0.39 is 47.9 Å². The van der Waals surface area contributed by atoms with Gasteiger partial charge in [0.2, 0.25) is 17.7 Å². The van der Waals surface area contributed by atoms with Crippen molar-refractivity contribution in [2.75, 3.05) is 18.6 Å². The minimum Gasteiger partial charge on any atom is -0.480 e. The first-order chi connectivity index (χ1) is 17.7. The van der Waals surface area contributed by atoms with Gasteiger partial charge in [-0.25, -0.2) is 4.79 Å². The molecule has 1 aromatic carbocycles. The van der Waals surface area contributed by atoms with Crippen molar-refractivity contribution >= 4 is 46.4 Å². The third-order valence-corrected chi connectivity index (χ3v) is 6.65. The van der Waals surface area contributed by atoms with Crippen LogP contribution in [0.3, 0.4) is 0 Å². The smallest absolute Gasteiger partial charge is 0.326 e. The first kappa shape index (κ1) is 30.1. The fourth-order valence-corrected chi connectivity index (χ4v) is 4.31. The topological polar surface area (TPSA) is 192 Å². The number of carboxylic acid groups (broad SMARTS) is 1. The first-order valence-electron chi connectivity index (χ1n) is 12.3. The maximum absolute atomic E-state index is 13.0. The molecule has 1 heterocycles. The highest BCUT2D eigenvalue weighted by Crippen LogP contribution is 2.18. The van der Waals surface area contributed by atoms with Crippen LogP contribution >= 0.6 is 11.8 Å². The van der Waals surface area contributed by atoms with E-state index in [0.29, 0.717) is 31.6 Å². The number of hydrogen-bond donors (Lipinski definition) is 7. The van der Waals surface area contributed by atoms with Gasteiger partial charge in [0, 0.05) is 17.1 Å². The molecule has 3 amide bonds. The Labute approximate surface area is 220 Å². The van der Waals surface area contributed by atoms with Gasteiger partial charge in [-0.3, -0.25) is 14.4 Å². The van der Waals surface area contributed by atoms with Gasteiger partial charge in [0.15, 0.2) is 0 Å². The number of aromatic amines is 1. The molecule has 4 atom stereocenters. The number of amides is 3. The number of carbonyl (C=O) groups excluding carboxylic acids is 3. The number of carboxylic acids is 1. The van der Waals surface area contributed by atoms with Crippen LogP contribution in [0.2, 0.25) is 0 Å². The molecular formula is C25H38N6O5S. The van der Waals surface area contributed by atoms with E-state index in [-0.39, 0.29) is 12.8 Å². The molecule has 0 saturated carbocycles. The van der Waals surface area contributed by atoms with E-state index in [2.05, 4.69) is 20.9 Å². The van der Waals surface area contributed by atoms with Crippen molar-refractivity contribution in [3.05, 3.63) is 36.0 Å². The van der Waals surface area contributed by atoms with Gasteiger partial charge in [-0.15, -0.1) is 0 Å². The van der Waals surface area contributed by atoms with E-state index in [9.17, 15) is 24.3 Å². The van der Waals surface area contributed by atoms with Crippen molar-refractivity contribution < 1.29 is 24.3 Å². The number of rotatable bonds is 16. The van der Waals surface area contributed by atoms with Crippen LogP contribution in [0.25, 0.3) is 10.9 Å². The van der Waals surface area contributed by atoms with Gasteiger partial charge < -0.3 is 37.5 Å². The monoisotopic (exact) mass is 534 g/mol. The van der Waals surface area contributed by atoms with Crippen LogP contribution < -0.4 is 27.4 Å². The molecular weight excluding hydrogens is 496 g/mol. The van der Waals surface area contributed by atoms with Crippen LogP contribution in [0.1, 0.15) is 38.2 Å². The van der Waals surface area contributed by atoms with Gasteiger partial charge in [-0.2, -0.15) is 11.8 Å². The summed E-state index contributed by atoms with van der Waals surface area (Å²) in [6.07, 6.45) is 5.75. The molecule has 204 valence electrons. The molecule has 0 radical (unpaired) electrons. The summed E-state index contributed by atoms with van der Waals surface area (Å²) in [7, 11) is 0. The summed E-state index contributed by atoms with van der Waals surface area (Å²) in [6, 6.07) is 3.84. The average molecular weight is 535 g/mol. The summed E-state index contributed by atoms with van der Waals surface area (Å²) in [5.41, 5.74) is 13.5. The Morgan fingerprint density at radius 3 is 2.38 bits per heavy atom. The molecule has 11 nitrogen and oxygen atoms in total. The van der Waals surface area contributed by atoms with Gasteiger partial charge in [-0.05, 0) is 69.2 Å². The lowest BCUT2D eigenvalue weighted by atomic mass is 10.0. The maximum atomic E-state index is 13.0. The fourth-order valence-electron chi connectivity index (χ4n) is 3.84. The molecule has 37 heavy (non-hydrogen) atoms. The Kier molecular flexibility index (Phi) is 12.4. The van der Waals surface area contributed by atoms with Crippen LogP contribution in [0.5, 0.6) is 0 Å². The Hall–Kier alpha value is -3.09. The lowest BCUT2D eigenvalue weighted by Crippen LogP contribution is -2.56. The molecule has 0 bridgehead atoms. The van der Waals surface area contributed by atoms with E-state index in [1.165, 1.54) is 18.7 Å². The lowest BCUT2D eigenvalue weighted by molar-refractivity contribution is -0.142. The van der Waals surface area contributed by atoms with E-state index in [1.54, 1.807) is 0 Å². The van der Waals surface area contributed by atoms with Gasteiger partial charge in [0.1, 0.15) is 18.1 Å². The van der Waals surface area contributed by atoms with Gasteiger partial charge >= 0.3 is 5.97 Å². The zero-order valence-corrected chi connectivity index (χ0v) is 22.1. The zero-order valence-electron chi connectivity index (χ0n) is 21.3. The number of thioether (sulfide) groups is 1. The van der Waals surface area contributed by atoms with Crippen molar-refractivity contribution in [1.29, 1.82) is 0 Å². The van der Waals surface area contributed by atoms with Crippen LogP contribution in [0.15, 0.2) is 30.5 Å². The SMILES string of the molecule is CSCCC(NC(=O)C(N)Cc1c[nH]c2ccccc12)C(=O)NC(C)C(=O)NC(CCCCN)C(=O)O. The minimum absolute atomic E-state index is 0.236. The van der Waals surface area contributed by atoms with Crippen molar-refractivity contribution in [2.45, 2.75) is 63.2 Å². The molecule has 0 fully saturated rings. The van der Waals surface area contributed by atoms with Gasteiger partial charge in [0.25, 0.3) is 0 Å². The second kappa shape index (κ2) is 15.2. The van der Waals surface area contributed by atoms with E-state index in [0.717, 1.165) is 16.5 Å². The maximum Gasteiger partial charge on any atom is 0.326 e. The van der Waals surface area contributed by atoms with Crippen molar-refractivity contribution in [1.82, 2.24) is 20.9 Å². The van der Waals surface area contributed by atoms with Crippen LogP contribution in [-0.2, 0) is 25.6 Å². The van der Waals surface area contributed by atoms with Crippen molar-refractivity contribution in [3.8, 4) is 0 Å². The van der Waals surface area contributed by atoms with E-state index >= 15 is 0 Å². The molecule has 0 spiro atoms. The highest BCUT2D eigenvalue weighted by molar-refractivity contribution is 7.98. The average Bonchev–Trinajstić information content (AvgIpc) is 3.28. The molecule has 0 aliphatic rings. The number of unbranched alkanes of at least 4 members (excludes halogenated alkanes) is 1. The molecule has 0 aliphatic heterocycles. The standard InChI is InChI=1S/C25H38N6O5S/c1-15(22(32)31-21(25(35)36)9-5-6-11-26)29-24(34)20(10-12-37-2)30-23(33)18(27)13-16-14-28-19-8-4-3-7-17(16)19/h3-4,7-8,14-15,18,20-21,28H,5-6,9-13,26-27H2,1-2H3,(H,29,34)(H,30,33)(H,31,32)(H,35,36). The molecule has 0 saturated heterocycles. The number of hydrogen-bond acceptors (Lipinski definition) is 7. The Morgan fingerprint density at radius 1 is 1.00 bits per heavy atom. The number of aromatic nitrogens is 1. The van der Waals surface area contributed by atoms with E-state index in [1.807, 2.05) is 36.7 Å². The summed E-state index contributed by atoms with van der Waals surface area (Å²) in [4.78, 5) is 53.0. The third-order valence-electron chi connectivity index (χ3n) is 6.01. The summed E-state index contributed by atoms with van der Waals surface area (Å²) in [5, 5.41) is 18.1. The number of H-pyrrole nitrogens is 1. The van der Waals surface area contributed by atoms with Gasteiger partial charge in [-0.1, -0.05) is 18.2 Å². The molecule has 2 aromatic rings. The summed E-state index contributed by atoms with van der Waals surface area (Å²) < 4.78 is 0. The third kappa shape index (κ3) is 9.38. The number of para-hydroxylation sites is 1. The van der Waals surface area contributed by atoms with Crippen LogP contribution in [0.4, 0.5) is 0 Å². The summed E-state index contributed by atoms with van der Waals surface area (Å²) in [5.74, 6) is -2.20. The van der Waals surface area contributed by atoms with Crippen LogP contribution in [-0.4, -0.2) is 76.5 Å². The summed E-state index contributed by atoms with van der Waals surface area (Å²) >= 11 is 1.51. The fraction of sp³-hybridized carbons (Fsp3) is 0.520. The second-order valence-electron chi connectivity index (χ2n) is 8.93. The van der Waals surface area contributed by atoms with Crippen molar-refractivity contribution in [3.63, 3.8) is 0 Å². The number of benzene rings is 1. The molecule has 0 aliphatic carbocycles. The van der Waals surface area contributed by atoms with E-state index in [4.69, 9.17) is 11.5 Å². The minimum atomic E-state index is -1.15. The number of carbonyl (C=O) groups is 4. The predicted octanol–water partition coefficient (Wildman–Crippen LogP) is 0.479. The number of aliphatic carboxylic acids is 1. The van der Waals surface area contributed by atoms with Gasteiger partial charge in [0.05, 0.1) is 6.04 Å². The molecule has 4 unspecified atom stereocenters. The lowest BCUT2D eigenvalue weighted by Gasteiger charge is -2.23. The predicted molar refractivity (Wildman–Crippen MR) is 145 cm³/mol. The Balaban J connectivity index is 1.97. The molecule has 12 heteroatoms. The summed E-state index contributed by atoms with van der Waals surface area (Å²) in [6.45, 7) is 1.89. The quantitative estimate of drug-likeness (QED) is 0.151. The zero-order chi connectivity index (χ0) is 27.4. The highest BCUT2D eigenvalue weighted by atomic mass is 32.2. The normalized spacial score (nSPS) is 14.4. The second-order valence-corrected chi connectivity index (χ2v) is 9.91. The van der Waals surface area contributed by atoms with Crippen LogP contribution in [0, 0.1) is 0 Å². The molecule has 1 aromatic heterocycles. The van der Waals surface area contributed by atoms with Crippen molar-refractivity contribution in [2.24, 2.45) is 11.5 Å². The number of fused-ring (bicyclic) bond motifs is 1. The molecule has 2 rings (SSSR count). The molecule has 9 N–H and O–H groups in total. The number of nitrogens with two attached hydrogens (primary N) is 2. The Morgan fingerprint density at radius 2 is 1.70 bits per heavy atom. The highest BCUT2D eigenvalue weighted by Gasteiger charge is 2.28.